The molecule has 0 amide bonds. The van der Waals surface area contributed by atoms with E-state index in [1.54, 1.807) is 0 Å². The molecule has 1 aliphatic heterocycles. The van der Waals surface area contributed by atoms with Crippen molar-refractivity contribution in [1.82, 2.24) is 9.80 Å². The van der Waals surface area contributed by atoms with Gasteiger partial charge in [0.25, 0.3) is 0 Å². The van der Waals surface area contributed by atoms with E-state index in [1.807, 2.05) is 13.8 Å². The van der Waals surface area contributed by atoms with Crippen molar-refractivity contribution in [2.45, 2.75) is 44.8 Å². The van der Waals surface area contributed by atoms with Gasteiger partial charge in [0, 0.05) is 38.8 Å². The van der Waals surface area contributed by atoms with Crippen molar-refractivity contribution >= 4 is 0 Å². The van der Waals surface area contributed by atoms with Gasteiger partial charge in [-0.2, -0.15) is 5.26 Å². The highest BCUT2D eigenvalue weighted by Crippen LogP contribution is 2.30. The molecule has 2 aliphatic rings. The molecule has 0 radical (unpaired) electrons. The number of piperazine rings is 1. The van der Waals surface area contributed by atoms with Crippen LogP contribution in [0.25, 0.3) is 0 Å². The molecule has 1 saturated carbocycles. The minimum Gasteiger partial charge on any atom is -0.389 e. The molecule has 18 heavy (non-hydrogen) atoms. The number of hydrogen-bond acceptors (Lipinski definition) is 4. The lowest BCUT2D eigenvalue weighted by Gasteiger charge is -2.40. The lowest BCUT2D eigenvalue weighted by atomic mass is 10.0. The van der Waals surface area contributed by atoms with Gasteiger partial charge in [0.1, 0.15) is 0 Å². The number of β-amino-alcohol motifs (C(OH)–C–C–N with tert-alkyl or cyclic N) is 1. The Bertz CT molecular complexity index is 310. The molecule has 2 fully saturated rings. The van der Waals surface area contributed by atoms with E-state index in [0.29, 0.717) is 6.04 Å². The maximum atomic E-state index is 9.83. The summed E-state index contributed by atoms with van der Waals surface area (Å²) in [7, 11) is 0. The Balaban J connectivity index is 1.82. The third-order valence-corrected chi connectivity index (χ3v) is 4.13. The zero-order valence-electron chi connectivity index (χ0n) is 11.6. The Labute approximate surface area is 110 Å². The van der Waals surface area contributed by atoms with Crippen LogP contribution in [-0.2, 0) is 0 Å². The van der Waals surface area contributed by atoms with Gasteiger partial charge in [-0.3, -0.25) is 9.80 Å². The lowest BCUT2D eigenvalue weighted by Crippen LogP contribution is -2.53. The first-order valence-corrected chi connectivity index (χ1v) is 7.08. The van der Waals surface area contributed by atoms with Crippen molar-refractivity contribution in [3.63, 3.8) is 0 Å². The quantitative estimate of drug-likeness (QED) is 0.815. The van der Waals surface area contributed by atoms with Gasteiger partial charge >= 0.3 is 0 Å². The number of nitrogens with zero attached hydrogens (tertiary/aromatic N) is 3. The van der Waals surface area contributed by atoms with Gasteiger partial charge in [0.2, 0.25) is 0 Å². The SMILES string of the molecule is CC(C)(O)CN1CCN(C2CCCC2C#N)CC1. The summed E-state index contributed by atoms with van der Waals surface area (Å²) in [6, 6.07) is 2.95. The Morgan fingerprint density at radius 2 is 1.89 bits per heavy atom. The Morgan fingerprint density at radius 3 is 2.44 bits per heavy atom. The summed E-state index contributed by atoms with van der Waals surface area (Å²) in [4.78, 5) is 4.81. The Kier molecular flexibility index (Phi) is 4.26. The van der Waals surface area contributed by atoms with E-state index in [4.69, 9.17) is 5.26 Å². The zero-order valence-corrected chi connectivity index (χ0v) is 11.6. The predicted molar refractivity (Wildman–Crippen MR) is 71.1 cm³/mol. The summed E-state index contributed by atoms with van der Waals surface area (Å²) in [5, 5.41) is 19.0. The maximum Gasteiger partial charge on any atom is 0.0718 e. The Morgan fingerprint density at radius 1 is 1.22 bits per heavy atom. The van der Waals surface area contributed by atoms with Crippen molar-refractivity contribution in [3.8, 4) is 6.07 Å². The first-order chi connectivity index (χ1) is 8.49. The van der Waals surface area contributed by atoms with Gasteiger partial charge in [-0.05, 0) is 26.7 Å². The van der Waals surface area contributed by atoms with E-state index in [1.165, 1.54) is 12.8 Å². The minimum absolute atomic E-state index is 0.242. The van der Waals surface area contributed by atoms with Crippen LogP contribution < -0.4 is 0 Å². The normalized spacial score (nSPS) is 31.4. The average molecular weight is 251 g/mol. The summed E-state index contributed by atoms with van der Waals surface area (Å²) < 4.78 is 0. The van der Waals surface area contributed by atoms with Crippen LogP contribution in [0, 0.1) is 17.2 Å². The summed E-state index contributed by atoms with van der Waals surface area (Å²) in [5.41, 5.74) is -0.606. The summed E-state index contributed by atoms with van der Waals surface area (Å²) >= 11 is 0. The number of rotatable bonds is 3. The summed E-state index contributed by atoms with van der Waals surface area (Å²) in [6.07, 6.45) is 3.46. The van der Waals surface area contributed by atoms with Gasteiger partial charge in [-0.15, -0.1) is 0 Å². The van der Waals surface area contributed by atoms with Crippen molar-refractivity contribution in [1.29, 1.82) is 5.26 Å². The molecule has 2 rings (SSSR count). The lowest BCUT2D eigenvalue weighted by molar-refractivity contribution is 0.00935. The van der Waals surface area contributed by atoms with Crippen LogP contribution in [0.1, 0.15) is 33.1 Å². The molecule has 4 heteroatoms. The molecule has 1 saturated heterocycles. The summed E-state index contributed by atoms with van der Waals surface area (Å²) in [5.74, 6) is 0.242. The van der Waals surface area contributed by atoms with Gasteiger partial charge in [0.05, 0.1) is 17.6 Å². The highest BCUT2D eigenvalue weighted by molar-refractivity contribution is 4.98. The van der Waals surface area contributed by atoms with Gasteiger partial charge in [-0.25, -0.2) is 0 Å². The van der Waals surface area contributed by atoms with Crippen molar-refractivity contribution in [3.05, 3.63) is 0 Å². The standard InChI is InChI=1S/C14H25N3O/c1-14(2,18)11-16-6-8-17(9-7-16)13-5-3-4-12(13)10-15/h12-13,18H,3-9,11H2,1-2H3. The van der Waals surface area contributed by atoms with Gasteiger partial charge < -0.3 is 5.11 Å². The molecule has 0 aromatic rings. The molecule has 0 bridgehead atoms. The molecule has 4 nitrogen and oxygen atoms in total. The number of nitriles is 1. The highest BCUT2D eigenvalue weighted by Gasteiger charge is 2.34. The molecule has 2 unspecified atom stereocenters. The van der Waals surface area contributed by atoms with Crippen LogP contribution in [-0.4, -0.2) is 59.3 Å². The second-order valence-electron chi connectivity index (χ2n) is 6.36. The van der Waals surface area contributed by atoms with Crippen LogP contribution in [0.3, 0.4) is 0 Å². The van der Waals surface area contributed by atoms with E-state index >= 15 is 0 Å². The molecule has 0 spiro atoms. The number of hydrogen-bond donors (Lipinski definition) is 1. The van der Waals surface area contributed by atoms with Crippen LogP contribution in [0.15, 0.2) is 0 Å². The van der Waals surface area contributed by atoms with E-state index in [2.05, 4.69) is 15.9 Å². The van der Waals surface area contributed by atoms with Crippen LogP contribution in [0.4, 0.5) is 0 Å². The average Bonchev–Trinajstić information content (AvgIpc) is 2.76. The second-order valence-corrected chi connectivity index (χ2v) is 6.36. The zero-order chi connectivity index (χ0) is 13.2. The molecule has 1 aliphatic carbocycles. The fraction of sp³-hybridized carbons (Fsp3) is 0.929. The summed E-state index contributed by atoms with van der Waals surface area (Å²) in [6.45, 7) is 8.58. The second kappa shape index (κ2) is 5.56. The fourth-order valence-electron chi connectivity index (χ4n) is 3.33. The van der Waals surface area contributed by atoms with Crippen molar-refractivity contribution in [2.75, 3.05) is 32.7 Å². The van der Waals surface area contributed by atoms with E-state index in [-0.39, 0.29) is 5.92 Å². The molecule has 1 heterocycles. The molecule has 1 N–H and O–H groups in total. The smallest absolute Gasteiger partial charge is 0.0718 e. The molecule has 0 aromatic carbocycles. The van der Waals surface area contributed by atoms with Crippen LogP contribution >= 0.6 is 0 Å². The fourth-order valence-corrected chi connectivity index (χ4v) is 3.33. The molecular weight excluding hydrogens is 226 g/mol. The monoisotopic (exact) mass is 251 g/mol. The third kappa shape index (κ3) is 3.44. The predicted octanol–water partition coefficient (Wildman–Crippen LogP) is 1.07. The van der Waals surface area contributed by atoms with Crippen LogP contribution in [0.2, 0.25) is 0 Å². The van der Waals surface area contributed by atoms with Crippen LogP contribution in [0.5, 0.6) is 0 Å². The van der Waals surface area contributed by atoms with Crippen molar-refractivity contribution < 1.29 is 5.11 Å². The molecule has 102 valence electrons. The molecule has 2 atom stereocenters. The van der Waals surface area contributed by atoms with E-state index < -0.39 is 5.60 Å². The minimum atomic E-state index is -0.606. The highest BCUT2D eigenvalue weighted by atomic mass is 16.3. The molecular formula is C14H25N3O. The Hall–Kier alpha value is -0.630. The first kappa shape index (κ1) is 13.8. The first-order valence-electron chi connectivity index (χ1n) is 7.08. The topological polar surface area (TPSA) is 50.5 Å². The van der Waals surface area contributed by atoms with Gasteiger partial charge in [-0.1, -0.05) is 6.42 Å². The van der Waals surface area contributed by atoms with E-state index in [9.17, 15) is 5.11 Å². The largest absolute Gasteiger partial charge is 0.389 e. The van der Waals surface area contributed by atoms with Crippen molar-refractivity contribution in [2.24, 2.45) is 5.92 Å². The maximum absolute atomic E-state index is 9.83. The third-order valence-electron chi connectivity index (χ3n) is 4.13. The molecule has 0 aromatic heterocycles. The van der Waals surface area contributed by atoms with E-state index in [0.717, 1.165) is 39.1 Å². The van der Waals surface area contributed by atoms with Gasteiger partial charge in [0.15, 0.2) is 0 Å². The number of aliphatic hydroxyl groups is 1.